The van der Waals surface area contributed by atoms with Crippen LogP contribution in [-0.2, 0) is 9.84 Å². The Balaban J connectivity index is 1.64. The molecular formula is C13H15N3O4S2. The fraction of sp³-hybridized carbons (Fsp3) is 0.462. The number of amides is 1. The van der Waals surface area contributed by atoms with E-state index in [1.54, 1.807) is 4.90 Å². The van der Waals surface area contributed by atoms with Gasteiger partial charge in [0.05, 0.1) is 4.88 Å². The largest absolute Gasteiger partial charge is 0.412 e. The summed E-state index contributed by atoms with van der Waals surface area (Å²) in [6.07, 6.45) is 2.40. The van der Waals surface area contributed by atoms with Crippen molar-refractivity contribution in [2.45, 2.75) is 24.0 Å². The molecule has 118 valence electrons. The van der Waals surface area contributed by atoms with Crippen LogP contribution in [0.1, 0.15) is 34.3 Å². The Morgan fingerprint density at radius 1 is 1.36 bits per heavy atom. The molecular weight excluding hydrogens is 326 g/mol. The van der Waals surface area contributed by atoms with Crippen molar-refractivity contribution < 1.29 is 17.6 Å². The molecule has 22 heavy (non-hydrogen) atoms. The molecule has 0 unspecified atom stereocenters. The van der Waals surface area contributed by atoms with Crippen molar-refractivity contribution in [1.29, 1.82) is 0 Å². The van der Waals surface area contributed by atoms with E-state index in [4.69, 9.17) is 4.42 Å². The Kier molecular flexibility index (Phi) is 4.00. The second-order valence-electron chi connectivity index (χ2n) is 5.22. The lowest BCUT2D eigenvalue weighted by atomic mass is 9.97. The zero-order chi connectivity index (χ0) is 15.7. The molecule has 0 aromatic carbocycles. The highest BCUT2D eigenvalue weighted by molar-refractivity contribution is 7.90. The summed E-state index contributed by atoms with van der Waals surface area (Å²) in [7, 11) is -3.48. The number of hydrogen-bond donors (Lipinski definition) is 0. The third-order valence-corrected chi connectivity index (χ3v) is 5.26. The number of sulfone groups is 1. The van der Waals surface area contributed by atoms with Crippen LogP contribution in [-0.4, -0.2) is 48.8 Å². The first-order chi connectivity index (χ1) is 10.4. The number of carbonyl (C=O) groups is 1. The smallest absolute Gasteiger partial charge is 0.335 e. The predicted molar refractivity (Wildman–Crippen MR) is 79.6 cm³/mol. The highest BCUT2D eigenvalue weighted by Gasteiger charge is 2.29. The third kappa shape index (κ3) is 3.05. The van der Waals surface area contributed by atoms with Crippen molar-refractivity contribution in [1.82, 2.24) is 15.1 Å². The van der Waals surface area contributed by atoms with E-state index in [0.29, 0.717) is 31.8 Å². The molecule has 0 spiro atoms. The Hall–Kier alpha value is -1.74. The van der Waals surface area contributed by atoms with Gasteiger partial charge in [-0.15, -0.1) is 16.4 Å². The van der Waals surface area contributed by atoms with E-state index < -0.39 is 9.84 Å². The summed E-state index contributed by atoms with van der Waals surface area (Å²) in [5, 5.41) is 8.94. The van der Waals surface area contributed by atoms with Crippen LogP contribution in [0.25, 0.3) is 0 Å². The Morgan fingerprint density at radius 3 is 2.64 bits per heavy atom. The maximum Gasteiger partial charge on any atom is 0.335 e. The van der Waals surface area contributed by atoms with Crippen molar-refractivity contribution in [3.63, 3.8) is 0 Å². The molecule has 2 aromatic rings. The summed E-state index contributed by atoms with van der Waals surface area (Å²) in [5.41, 5.74) is 0. The second-order valence-corrected chi connectivity index (χ2v) is 8.06. The first-order valence-electron chi connectivity index (χ1n) is 6.81. The van der Waals surface area contributed by atoms with Gasteiger partial charge in [0.25, 0.3) is 5.91 Å². The van der Waals surface area contributed by atoms with E-state index in [9.17, 15) is 13.2 Å². The molecule has 3 heterocycles. The van der Waals surface area contributed by atoms with E-state index in [1.165, 1.54) is 11.3 Å². The van der Waals surface area contributed by atoms with Gasteiger partial charge in [-0.25, -0.2) is 8.42 Å². The number of aromatic nitrogens is 2. The summed E-state index contributed by atoms with van der Waals surface area (Å²) >= 11 is 1.43. The topological polar surface area (TPSA) is 93.4 Å². The molecule has 0 saturated carbocycles. The Morgan fingerprint density at radius 2 is 2.09 bits per heavy atom. The van der Waals surface area contributed by atoms with E-state index in [2.05, 4.69) is 10.2 Å². The minimum absolute atomic E-state index is 0.00427. The summed E-state index contributed by atoms with van der Waals surface area (Å²) in [5.74, 6) is 0.370. The fourth-order valence-electron chi connectivity index (χ4n) is 2.42. The van der Waals surface area contributed by atoms with Gasteiger partial charge in [-0.1, -0.05) is 11.2 Å². The molecule has 0 aliphatic carbocycles. The number of hydrogen-bond acceptors (Lipinski definition) is 7. The number of piperidine rings is 1. The molecule has 1 saturated heterocycles. The minimum atomic E-state index is -3.48. The minimum Gasteiger partial charge on any atom is -0.412 e. The first-order valence-corrected chi connectivity index (χ1v) is 9.58. The quantitative estimate of drug-likeness (QED) is 0.841. The van der Waals surface area contributed by atoms with Gasteiger partial charge in [0.15, 0.2) is 0 Å². The van der Waals surface area contributed by atoms with Gasteiger partial charge >= 0.3 is 5.22 Å². The highest BCUT2D eigenvalue weighted by atomic mass is 32.2. The summed E-state index contributed by atoms with van der Waals surface area (Å²) in [6.45, 7) is 1.19. The molecule has 0 radical (unpaired) electrons. The van der Waals surface area contributed by atoms with Crippen LogP contribution in [0, 0.1) is 0 Å². The number of rotatable bonds is 3. The Labute approximate surface area is 131 Å². The number of carbonyl (C=O) groups excluding carboxylic acids is 1. The monoisotopic (exact) mass is 341 g/mol. The van der Waals surface area contributed by atoms with Crippen molar-refractivity contribution >= 4 is 27.1 Å². The summed E-state index contributed by atoms with van der Waals surface area (Å²) < 4.78 is 28.0. The standard InChI is InChI=1S/C13H15N3O4S2/c1-22(18,19)13-15-14-11(20-13)9-4-6-16(7-5-9)12(17)10-3-2-8-21-10/h2-3,8-9H,4-7H2,1H3. The van der Waals surface area contributed by atoms with E-state index in [1.807, 2.05) is 17.5 Å². The molecule has 1 aliphatic heterocycles. The molecule has 7 nitrogen and oxygen atoms in total. The average molecular weight is 341 g/mol. The fourth-order valence-corrected chi connectivity index (χ4v) is 3.54. The van der Waals surface area contributed by atoms with Gasteiger partial charge < -0.3 is 9.32 Å². The van der Waals surface area contributed by atoms with Crippen LogP contribution in [0.5, 0.6) is 0 Å². The maximum atomic E-state index is 12.2. The van der Waals surface area contributed by atoms with Gasteiger partial charge in [-0.05, 0) is 24.3 Å². The Bertz CT molecular complexity index is 759. The van der Waals surface area contributed by atoms with Crippen LogP contribution in [0.4, 0.5) is 0 Å². The van der Waals surface area contributed by atoms with Gasteiger partial charge in [0.2, 0.25) is 15.7 Å². The van der Waals surface area contributed by atoms with Gasteiger partial charge in [-0.2, -0.15) is 0 Å². The van der Waals surface area contributed by atoms with Crippen molar-refractivity contribution in [2.75, 3.05) is 19.3 Å². The van der Waals surface area contributed by atoms with Crippen LogP contribution in [0.15, 0.2) is 27.2 Å². The number of thiophene rings is 1. The first kappa shape index (κ1) is 15.2. The van der Waals surface area contributed by atoms with Gasteiger partial charge in [0, 0.05) is 25.3 Å². The van der Waals surface area contributed by atoms with Crippen molar-refractivity contribution in [2.24, 2.45) is 0 Å². The molecule has 2 aromatic heterocycles. The number of likely N-dealkylation sites (tertiary alicyclic amines) is 1. The molecule has 0 bridgehead atoms. The van der Waals surface area contributed by atoms with Crippen LogP contribution >= 0.6 is 11.3 Å². The molecule has 9 heteroatoms. The van der Waals surface area contributed by atoms with Gasteiger partial charge in [-0.3, -0.25) is 4.79 Å². The summed E-state index contributed by atoms with van der Waals surface area (Å²) in [6, 6.07) is 3.67. The van der Waals surface area contributed by atoms with Crippen LogP contribution in [0.3, 0.4) is 0 Å². The van der Waals surface area contributed by atoms with E-state index >= 15 is 0 Å². The van der Waals surface area contributed by atoms with E-state index in [-0.39, 0.29) is 17.0 Å². The SMILES string of the molecule is CS(=O)(=O)c1nnc(C2CCN(C(=O)c3cccs3)CC2)o1. The zero-order valence-electron chi connectivity index (χ0n) is 11.9. The molecule has 3 rings (SSSR count). The molecule has 1 fully saturated rings. The number of nitrogens with zero attached hydrogens (tertiary/aromatic N) is 3. The lowest BCUT2D eigenvalue weighted by molar-refractivity contribution is 0.0710. The van der Waals surface area contributed by atoms with Crippen LogP contribution in [0.2, 0.25) is 0 Å². The predicted octanol–water partition coefficient (Wildman–Crippen LogP) is 1.55. The highest BCUT2D eigenvalue weighted by Crippen LogP contribution is 2.28. The molecule has 0 N–H and O–H groups in total. The lowest BCUT2D eigenvalue weighted by Crippen LogP contribution is -2.37. The van der Waals surface area contributed by atoms with Crippen molar-refractivity contribution in [3.8, 4) is 0 Å². The normalized spacial score (nSPS) is 16.9. The van der Waals surface area contributed by atoms with Crippen molar-refractivity contribution in [3.05, 3.63) is 28.3 Å². The lowest BCUT2D eigenvalue weighted by Gasteiger charge is -2.30. The molecule has 1 amide bonds. The van der Waals surface area contributed by atoms with Gasteiger partial charge in [0.1, 0.15) is 0 Å². The van der Waals surface area contributed by atoms with E-state index in [0.717, 1.165) is 11.1 Å². The zero-order valence-corrected chi connectivity index (χ0v) is 13.6. The average Bonchev–Trinajstić information content (AvgIpc) is 3.17. The molecule has 1 aliphatic rings. The maximum absolute atomic E-state index is 12.2. The molecule has 0 atom stereocenters. The summed E-state index contributed by atoms with van der Waals surface area (Å²) in [4.78, 5) is 14.8. The third-order valence-electron chi connectivity index (χ3n) is 3.60. The van der Waals surface area contributed by atoms with Crippen LogP contribution < -0.4 is 0 Å². The second kappa shape index (κ2) is 5.81.